The molecular formula is C17H26N4O2S. The molecule has 1 aliphatic heterocycles. The molecule has 132 valence electrons. The Morgan fingerprint density at radius 2 is 2.04 bits per heavy atom. The molecule has 0 bridgehead atoms. The number of sulfone groups is 1. The first-order chi connectivity index (χ1) is 11.6. The van der Waals surface area contributed by atoms with Gasteiger partial charge in [-0.1, -0.05) is 19.8 Å². The molecule has 3 rings (SSSR count). The molecule has 7 heteroatoms. The summed E-state index contributed by atoms with van der Waals surface area (Å²) in [6.07, 6.45) is 4.76. The minimum absolute atomic E-state index is 0.171. The van der Waals surface area contributed by atoms with Gasteiger partial charge >= 0.3 is 0 Å². The summed E-state index contributed by atoms with van der Waals surface area (Å²) < 4.78 is 25.2. The van der Waals surface area contributed by atoms with Crippen LogP contribution < -0.4 is 10.6 Å². The highest BCUT2D eigenvalue weighted by Gasteiger charge is 2.21. The van der Waals surface area contributed by atoms with Crippen molar-refractivity contribution in [2.24, 2.45) is 0 Å². The second-order valence-corrected chi connectivity index (χ2v) is 8.53. The van der Waals surface area contributed by atoms with Crippen LogP contribution >= 0.6 is 0 Å². The first-order valence-corrected chi connectivity index (χ1v) is 10.4. The van der Waals surface area contributed by atoms with Gasteiger partial charge in [0.2, 0.25) is 0 Å². The molecule has 0 radical (unpaired) electrons. The zero-order valence-corrected chi connectivity index (χ0v) is 15.0. The number of nitrogens with one attached hydrogen (secondary N) is 3. The van der Waals surface area contributed by atoms with E-state index in [1.54, 1.807) is 0 Å². The van der Waals surface area contributed by atoms with Gasteiger partial charge in [0, 0.05) is 17.1 Å². The van der Waals surface area contributed by atoms with Gasteiger partial charge in [0.1, 0.15) is 0 Å². The third-order valence-corrected chi connectivity index (χ3v) is 6.32. The monoisotopic (exact) mass is 350 g/mol. The number of benzene rings is 1. The number of unbranched alkanes of at least 4 members (excludes halogenated alkanes) is 2. The number of H-pyrrole nitrogens is 1. The fourth-order valence-electron chi connectivity index (χ4n) is 3.16. The van der Waals surface area contributed by atoms with E-state index in [1.165, 1.54) is 0 Å². The lowest BCUT2D eigenvalue weighted by molar-refractivity contribution is 0.479. The Balaban J connectivity index is 1.82. The minimum atomic E-state index is -3.32. The third kappa shape index (κ3) is 3.89. The summed E-state index contributed by atoms with van der Waals surface area (Å²) in [4.78, 5) is 0. The molecule has 1 aromatic carbocycles. The van der Waals surface area contributed by atoms with Crippen LogP contribution in [0.25, 0.3) is 10.9 Å². The van der Waals surface area contributed by atoms with Gasteiger partial charge in [0.15, 0.2) is 14.9 Å². The molecule has 1 aliphatic rings. The summed E-state index contributed by atoms with van der Waals surface area (Å²) in [6, 6.07) is 6.19. The Morgan fingerprint density at radius 1 is 1.25 bits per heavy atom. The van der Waals surface area contributed by atoms with Crippen LogP contribution in [0.5, 0.6) is 0 Å². The van der Waals surface area contributed by atoms with Crippen molar-refractivity contribution in [1.82, 2.24) is 15.5 Å². The first kappa shape index (κ1) is 17.2. The highest BCUT2D eigenvalue weighted by Crippen LogP contribution is 2.26. The fourth-order valence-corrected chi connectivity index (χ4v) is 4.63. The standard InChI is InChI=1S/C17H26N4O2S/c1-2-3-4-11-24(22,23)17-15-12-14(5-6-16(15)20-21-17)19-13-7-9-18-10-8-13/h5-6,12-13,18-19H,2-4,7-11H2,1H3,(H,20,21). The number of hydrogen-bond acceptors (Lipinski definition) is 5. The van der Waals surface area contributed by atoms with E-state index in [1.807, 2.05) is 18.2 Å². The molecule has 2 aromatic rings. The van der Waals surface area contributed by atoms with Gasteiger partial charge in [0.05, 0.1) is 11.3 Å². The largest absolute Gasteiger partial charge is 0.382 e. The van der Waals surface area contributed by atoms with E-state index in [0.717, 1.165) is 44.5 Å². The number of piperidine rings is 1. The van der Waals surface area contributed by atoms with Crippen molar-refractivity contribution in [2.75, 3.05) is 24.2 Å². The fraction of sp³-hybridized carbons (Fsp3) is 0.588. The summed E-state index contributed by atoms with van der Waals surface area (Å²) in [6.45, 7) is 4.10. The SMILES string of the molecule is CCCCCS(=O)(=O)c1[nH]nc2ccc(NC3CCNCC3)cc12. The normalized spacial score (nSPS) is 16.5. The van der Waals surface area contributed by atoms with Gasteiger partial charge in [-0.25, -0.2) is 8.42 Å². The van der Waals surface area contributed by atoms with Crippen LogP contribution in [0.3, 0.4) is 0 Å². The number of aromatic amines is 1. The summed E-state index contributed by atoms with van der Waals surface area (Å²) in [7, 11) is -3.32. The van der Waals surface area contributed by atoms with E-state index < -0.39 is 9.84 Å². The van der Waals surface area contributed by atoms with Gasteiger partial charge in [0.25, 0.3) is 0 Å². The van der Waals surface area contributed by atoms with Crippen LogP contribution in [0.4, 0.5) is 5.69 Å². The average Bonchev–Trinajstić information content (AvgIpc) is 3.00. The van der Waals surface area contributed by atoms with Crippen molar-refractivity contribution in [3.63, 3.8) is 0 Å². The topological polar surface area (TPSA) is 86.9 Å². The smallest absolute Gasteiger partial charge is 0.195 e. The molecule has 0 saturated carbocycles. The summed E-state index contributed by atoms with van der Waals surface area (Å²) in [5.74, 6) is 0.171. The van der Waals surface area contributed by atoms with Crippen LogP contribution in [0.15, 0.2) is 23.2 Å². The zero-order valence-electron chi connectivity index (χ0n) is 14.1. The van der Waals surface area contributed by atoms with Gasteiger partial charge in [-0.2, -0.15) is 5.10 Å². The van der Waals surface area contributed by atoms with Gasteiger partial charge in [-0.15, -0.1) is 0 Å². The maximum atomic E-state index is 12.6. The Morgan fingerprint density at radius 3 is 2.79 bits per heavy atom. The molecule has 6 nitrogen and oxygen atoms in total. The van der Waals surface area contributed by atoms with E-state index in [4.69, 9.17) is 0 Å². The summed E-state index contributed by atoms with van der Waals surface area (Å²) >= 11 is 0. The quantitative estimate of drug-likeness (QED) is 0.668. The van der Waals surface area contributed by atoms with Crippen LogP contribution in [0.2, 0.25) is 0 Å². The van der Waals surface area contributed by atoms with Crippen molar-refractivity contribution < 1.29 is 8.42 Å². The Hall–Kier alpha value is -1.60. The predicted molar refractivity (Wildman–Crippen MR) is 97.2 cm³/mol. The maximum absolute atomic E-state index is 12.6. The van der Waals surface area contributed by atoms with E-state index in [0.29, 0.717) is 23.4 Å². The van der Waals surface area contributed by atoms with E-state index in [2.05, 4.69) is 27.8 Å². The lowest BCUT2D eigenvalue weighted by Gasteiger charge is -2.24. The third-order valence-electron chi connectivity index (χ3n) is 4.56. The molecular weight excluding hydrogens is 324 g/mol. The summed E-state index contributed by atoms with van der Waals surface area (Å²) in [5.41, 5.74) is 1.65. The van der Waals surface area contributed by atoms with Crippen molar-refractivity contribution in [3.8, 4) is 0 Å². The van der Waals surface area contributed by atoms with E-state index in [9.17, 15) is 8.42 Å². The highest BCUT2D eigenvalue weighted by atomic mass is 32.2. The van der Waals surface area contributed by atoms with Crippen LogP contribution in [-0.2, 0) is 9.84 Å². The van der Waals surface area contributed by atoms with Gasteiger partial charge in [-0.05, 0) is 50.6 Å². The minimum Gasteiger partial charge on any atom is -0.382 e. The molecule has 1 saturated heterocycles. The lowest BCUT2D eigenvalue weighted by atomic mass is 10.1. The van der Waals surface area contributed by atoms with E-state index >= 15 is 0 Å². The molecule has 0 amide bonds. The van der Waals surface area contributed by atoms with E-state index in [-0.39, 0.29) is 10.8 Å². The molecule has 1 fully saturated rings. The number of aromatic nitrogens is 2. The van der Waals surface area contributed by atoms with Crippen LogP contribution in [0, 0.1) is 0 Å². The molecule has 2 heterocycles. The number of rotatable bonds is 7. The Bertz CT molecular complexity index is 779. The number of fused-ring (bicyclic) bond motifs is 1. The predicted octanol–water partition coefficient (Wildman–Crippen LogP) is 2.69. The molecule has 0 aliphatic carbocycles. The van der Waals surface area contributed by atoms with Gasteiger partial charge in [-0.3, -0.25) is 5.10 Å². The molecule has 0 spiro atoms. The number of nitrogens with zero attached hydrogens (tertiary/aromatic N) is 1. The van der Waals surface area contributed by atoms with Crippen molar-refractivity contribution in [2.45, 2.75) is 50.1 Å². The number of hydrogen-bond donors (Lipinski definition) is 3. The lowest BCUT2D eigenvalue weighted by Crippen LogP contribution is -2.35. The second-order valence-electron chi connectivity index (χ2n) is 6.48. The zero-order chi connectivity index (χ0) is 17.0. The van der Waals surface area contributed by atoms with Crippen molar-refractivity contribution >= 4 is 26.4 Å². The van der Waals surface area contributed by atoms with Crippen molar-refractivity contribution in [1.29, 1.82) is 0 Å². The van der Waals surface area contributed by atoms with Crippen molar-refractivity contribution in [3.05, 3.63) is 18.2 Å². The Labute approximate surface area is 143 Å². The Kier molecular flexibility index (Phi) is 5.40. The second kappa shape index (κ2) is 7.53. The average molecular weight is 350 g/mol. The molecule has 0 atom stereocenters. The first-order valence-electron chi connectivity index (χ1n) is 8.78. The van der Waals surface area contributed by atoms with Crippen LogP contribution in [-0.4, -0.2) is 43.5 Å². The molecule has 1 aromatic heterocycles. The van der Waals surface area contributed by atoms with Crippen LogP contribution in [0.1, 0.15) is 39.0 Å². The molecule has 3 N–H and O–H groups in total. The molecule has 0 unspecified atom stereocenters. The summed E-state index contributed by atoms with van der Waals surface area (Å²) in [5, 5.41) is 14.7. The highest BCUT2D eigenvalue weighted by molar-refractivity contribution is 7.91. The maximum Gasteiger partial charge on any atom is 0.195 e. The molecule has 24 heavy (non-hydrogen) atoms. The number of anilines is 1. The van der Waals surface area contributed by atoms with Gasteiger partial charge < -0.3 is 10.6 Å².